The van der Waals surface area contributed by atoms with Crippen molar-refractivity contribution in [3.8, 4) is 5.75 Å². The van der Waals surface area contributed by atoms with E-state index in [1.807, 2.05) is 0 Å². The highest BCUT2D eigenvalue weighted by molar-refractivity contribution is 6.32. The molecule has 0 radical (unpaired) electrons. The number of ether oxygens (including phenoxy) is 1. The maximum atomic E-state index is 12.2. The molecule has 0 aliphatic carbocycles. The predicted molar refractivity (Wildman–Crippen MR) is 78.6 cm³/mol. The molecule has 1 atom stereocenters. The second-order valence-corrected chi connectivity index (χ2v) is 5.46. The van der Waals surface area contributed by atoms with Gasteiger partial charge in [0.2, 0.25) is 0 Å². The Balaban J connectivity index is 1.94. The highest BCUT2D eigenvalue weighted by atomic mass is 35.5. The van der Waals surface area contributed by atoms with Crippen LogP contribution < -0.4 is 4.74 Å². The highest BCUT2D eigenvalue weighted by Gasteiger charge is 2.28. The van der Waals surface area contributed by atoms with Gasteiger partial charge in [0.25, 0.3) is 5.91 Å². The van der Waals surface area contributed by atoms with Gasteiger partial charge in [-0.05, 0) is 31.4 Å². The largest absolute Gasteiger partial charge is 0.482 e. The molecule has 2 rings (SSSR count). The highest BCUT2D eigenvalue weighted by Crippen LogP contribution is 2.24. The molecular formula is C15H18ClNO4. The van der Waals surface area contributed by atoms with Crippen LogP contribution in [0.3, 0.4) is 0 Å². The monoisotopic (exact) mass is 311 g/mol. The van der Waals surface area contributed by atoms with Crippen LogP contribution in [0.2, 0.25) is 5.02 Å². The first kappa shape index (κ1) is 15.6. The number of hydrogen-bond acceptors (Lipinski definition) is 3. The fraction of sp³-hybridized carbons (Fsp3) is 0.467. The molecule has 5 nitrogen and oxygen atoms in total. The van der Waals surface area contributed by atoms with Crippen LogP contribution in [0, 0.1) is 0 Å². The van der Waals surface area contributed by atoms with Gasteiger partial charge < -0.3 is 14.7 Å². The smallest absolute Gasteiger partial charge is 0.305 e. The standard InChI is InChI=1S/C15H18ClNO4/c16-12-6-1-2-7-13(12)21-10-14(18)17-8-4-3-5-11(17)9-15(19)20/h1-2,6-7,11H,3-5,8-10H2,(H,19,20). The molecule has 1 fully saturated rings. The third kappa shape index (κ3) is 4.36. The van der Waals surface area contributed by atoms with Gasteiger partial charge in [0.05, 0.1) is 11.4 Å². The molecule has 1 aliphatic rings. The molecule has 1 unspecified atom stereocenters. The lowest BCUT2D eigenvalue weighted by Crippen LogP contribution is -2.46. The number of para-hydroxylation sites is 1. The van der Waals surface area contributed by atoms with E-state index in [0.29, 0.717) is 17.3 Å². The molecule has 114 valence electrons. The second-order valence-electron chi connectivity index (χ2n) is 5.05. The van der Waals surface area contributed by atoms with E-state index in [0.717, 1.165) is 19.3 Å². The molecule has 1 heterocycles. The number of hydrogen-bond donors (Lipinski definition) is 1. The van der Waals surface area contributed by atoms with Crippen molar-refractivity contribution in [3.63, 3.8) is 0 Å². The van der Waals surface area contributed by atoms with Crippen molar-refractivity contribution in [3.05, 3.63) is 29.3 Å². The summed E-state index contributed by atoms with van der Waals surface area (Å²) in [4.78, 5) is 24.7. The molecule has 0 spiro atoms. The van der Waals surface area contributed by atoms with Gasteiger partial charge in [0.15, 0.2) is 6.61 Å². The van der Waals surface area contributed by atoms with Crippen LogP contribution in [-0.2, 0) is 9.59 Å². The topological polar surface area (TPSA) is 66.8 Å². The maximum absolute atomic E-state index is 12.2. The number of benzene rings is 1. The summed E-state index contributed by atoms with van der Waals surface area (Å²) in [7, 11) is 0. The van der Waals surface area contributed by atoms with Crippen molar-refractivity contribution in [2.45, 2.75) is 31.7 Å². The van der Waals surface area contributed by atoms with E-state index in [1.54, 1.807) is 29.2 Å². The van der Waals surface area contributed by atoms with Crippen LogP contribution in [0.5, 0.6) is 5.75 Å². The first-order valence-electron chi connectivity index (χ1n) is 6.96. The van der Waals surface area contributed by atoms with Crippen LogP contribution in [0.1, 0.15) is 25.7 Å². The minimum atomic E-state index is -0.883. The Kier molecular flexibility index (Phi) is 5.44. The second kappa shape index (κ2) is 7.31. The van der Waals surface area contributed by atoms with Gasteiger partial charge in [0.1, 0.15) is 5.75 Å². The summed E-state index contributed by atoms with van der Waals surface area (Å²) in [5.41, 5.74) is 0. The Morgan fingerprint density at radius 1 is 1.33 bits per heavy atom. The van der Waals surface area contributed by atoms with Crippen LogP contribution in [0.4, 0.5) is 0 Å². The molecule has 1 saturated heterocycles. The van der Waals surface area contributed by atoms with E-state index < -0.39 is 5.97 Å². The molecule has 0 aromatic heterocycles. The quantitative estimate of drug-likeness (QED) is 0.907. The number of carboxylic acid groups (broad SMARTS) is 1. The van der Waals surface area contributed by atoms with Gasteiger partial charge in [-0.3, -0.25) is 9.59 Å². The zero-order valence-electron chi connectivity index (χ0n) is 11.6. The summed E-state index contributed by atoms with van der Waals surface area (Å²) in [6.45, 7) is 0.461. The lowest BCUT2D eigenvalue weighted by molar-refractivity contribution is -0.142. The SMILES string of the molecule is O=C(O)CC1CCCCN1C(=O)COc1ccccc1Cl. The molecular weight excluding hydrogens is 294 g/mol. The van der Waals surface area contributed by atoms with Crippen LogP contribution in [-0.4, -0.2) is 41.1 Å². The van der Waals surface area contributed by atoms with Crippen LogP contribution >= 0.6 is 11.6 Å². The number of carboxylic acids is 1. The number of carbonyl (C=O) groups excluding carboxylic acids is 1. The number of carbonyl (C=O) groups is 2. The average Bonchev–Trinajstić information content (AvgIpc) is 2.46. The number of amides is 1. The summed E-state index contributed by atoms with van der Waals surface area (Å²) < 4.78 is 5.43. The van der Waals surface area contributed by atoms with Gasteiger partial charge in [-0.2, -0.15) is 0 Å². The number of halogens is 1. The Hall–Kier alpha value is -1.75. The van der Waals surface area contributed by atoms with Crippen molar-refractivity contribution < 1.29 is 19.4 Å². The van der Waals surface area contributed by atoms with Gasteiger partial charge in [-0.1, -0.05) is 23.7 Å². The summed E-state index contributed by atoms with van der Waals surface area (Å²) in [5, 5.41) is 9.37. The first-order chi connectivity index (χ1) is 10.1. The molecule has 1 aromatic carbocycles. The molecule has 6 heteroatoms. The molecule has 1 amide bonds. The lowest BCUT2D eigenvalue weighted by atomic mass is 9.99. The zero-order valence-corrected chi connectivity index (χ0v) is 12.4. The van der Waals surface area contributed by atoms with E-state index in [9.17, 15) is 9.59 Å². The first-order valence-corrected chi connectivity index (χ1v) is 7.34. The Bertz CT molecular complexity index is 520. The van der Waals surface area contributed by atoms with Crippen molar-refractivity contribution in [2.24, 2.45) is 0 Å². The van der Waals surface area contributed by atoms with Gasteiger partial charge in [0, 0.05) is 12.6 Å². The van der Waals surface area contributed by atoms with Crippen molar-refractivity contribution >= 4 is 23.5 Å². The minimum Gasteiger partial charge on any atom is -0.482 e. The number of piperidine rings is 1. The third-order valence-electron chi connectivity index (χ3n) is 3.55. The van der Waals surface area contributed by atoms with E-state index in [-0.39, 0.29) is 25.0 Å². The normalized spacial score (nSPS) is 18.3. The van der Waals surface area contributed by atoms with E-state index in [1.165, 1.54) is 0 Å². The molecule has 1 aliphatic heterocycles. The summed E-state index contributed by atoms with van der Waals surface area (Å²) in [5.74, 6) is -0.619. The van der Waals surface area contributed by atoms with E-state index in [4.69, 9.17) is 21.4 Å². The molecule has 1 N–H and O–H groups in total. The van der Waals surface area contributed by atoms with Crippen molar-refractivity contribution in [2.75, 3.05) is 13.2 Å². The summed E-state index contributed by atoms with van der Waals surface area (Å²) in [6.07, 6.45) is 2.56. The third-order valence-corrected chi connectivity index (χ3v) is 3.86. The van der Waals surface area contributed by atoms with Crippen LogP contribution in [0.25, 0.3) is 0 Å². The number of nitrogens with zero attached hydrogens (tertiary/aromatic N) is 1. The van der Waals surface area contributed by atoms with Crippen LogP contribution in [0.15, 0.2) is 24.3 Å². The molecule has 1 aromatic rings. The zero-order chi connectivity index (χ0) is 15.2. The predicted octanol–water partition coefficient (Wildman–Crippen LogP) is 2.57. The maximum Gasteiger partial charge on any atom is 0.305 e. The Morgan fingerprint density at radius 3 is 2.81 bits per heavy atom. The number of rotatable bonds is 5. The van der Waals surface area contributed by atoms with E-state index >= 15 is 0 Å². The molecule has 0 bridgehead atoms. The number of likely N-dealkylation sites (tertiary alicyclic amines) is 1. The van der Waals surface area contributed by atoms with Crippen molar-refractivity contribution in [1.29, 1.82) is 0 Å². The van der Waals surface area contributed by atoms with Gasteiger partial charge >= 0.3 is 5.97 Å². The van der Waals surface area contributed by atoms with Gasteiger partial charge in [-0.25, -0.2) is 0 Å². The minimum absolute atomic E-state index is 0.0160. The van der Waals surface area contributed by atoms with E-state index in [2.05, 4.69) is 0 Å². The summed E-state index contributed by atoms with van der Waals surface area (Å²) >= 11 is 5.96. The van der Waals surface area contributed by atoms with Crippen molar-refractivity contribution in [1.82, 2.24) is 4.90 Å². The molecule has 21 heavy (non-hydrogen) atoms. The Labute approximate surface area is 128 Å². The van der Waals surface area contributed by atoms with Gasteiger partial charge in [-0.15, -0.1) is 0 Å². The molecule has 0 saturated carbocycles. The fourth-order valence-electron chi connectivity index (χ4n) is 2.53. The average molecular weight is 312 g/mol. The Morgan fingerprint density at radius 2 is 2.10 bits per heavy atom. The number of aliphatic carboxylic acids is 1. The fourth-order valence-corrected chi connectivity index (χ4v) is 2.72. The summed E-state index contributed by atoms with van der Waals surface area (Å²) in [6, 6.07) is 6.71. The lowest BCUT2D eigenvalue weighted by Gasteiger charge is -2.34.